The summed E-state index contributed by atoms with van der Waals surface area (Å²) in [5.41, 5.74) is -0.266. The third-order valence-electron chi connectivity index (χ3n) is 4.40. The summed E-state index contributed by atoms with van der Waals surface area (Å²) in [5, 5.41) is 0. The molecule has 2 aromatic rings. The average Bonchev–Trinajstić information content (AvgIpc) is 2.74. The zero-order valence-corrected chi connectivity index (χ0v) is 20.5. The number of carbonyl (C=O) groups is 1. The molecule has 2 aromatic carbocycles. The zero-order valence-electron chi connectivity index (χ0n) is 19.0. The number of hydrogen-bond donors (Lipinski definition) is 0. The number of esters is 1. The fourth-order valence-electron chi connectivity index (χ4n) is 3.01. The van der Waals surface area contributed by atoms with E-state index in [1.165, 1.54) is 24.3 Å². The fourth-order valence-corrected chi connectivity index (χ4v) is 4.65. The van der Waals surface area contributed by atoms with Gasteiger partial charge in [0.15, 0.2) is 0 Å². The second-order valence-electron chi connectivity index (χ2n) is 8.32. The maximum absolute atomic E-state index is 14.0. The van der Waals surface area contributed by atoms with Crippen molar-refractivity contribution in [2.24, 2.45) is 0 Å². The molecule has 0 aliphatic carbocycles. The van der Waals surface area contributed by atoms with Crippen molar-refractivity contribution in [2.45, 2.75) is 50.3 Å². The van der Waals surface area contributed by atoms with Crippen molar-refractivity contribution in [3.05, 3.63) is 72.6 Å². The summed E-state index contributed by atoms with van der Waals surface area (Å²) in [6, 6.07) is 13.0. The Morgan fingerprint density at radius 1 is 1.12 bits per heavy atom. The Kier molecular flexibility index (Phi) is 9.46. The highest BCUT2D eigenvalue weighted by Crippen LogP contribution is 2.27. The smallest absolute Gasteiger partial charge is 0.325 e. The van der Waals surface area contributed by atoms with Crippen LogP contribution in [0.15, 0.2) is 71.9 Å². The first-order valence-electron chi connectivity index (χ1n) is 10.3. The molecular weight excluding hydrogens is 469 g/mol. The molecule has 0 fully saturated rings. The van der Waals surface area contributed by atoms with Gasteiger partial charge in [-0.1, -0.05) is 36.9 Å². The Balaban J connectivity index is 2.52. The lowest BCUT2D eigenvalue weighted by molar-refractivity contribution is -0.159. The third kappa shape index (κ3) is 8.14. The van der Waals surface area contributed by atoms with Crippen LogP contribution in [0, 0.1) is 0 Å². The van der Waals surface area contributed by atoms with Crippen LogP contribution in [-0.2, 0) is 26.1 Å². The number of ether oxygens (including phenoxy) is 2. The first-order valence-corrected chi connectivity index (χ1v) is 12.3. The lowest BCUT2D eigenvalue weighted by Gasteiger charge is -2.31. The van der Waals surface area contributed by atoms with Gasteiger partial charge in [-0.3, -0.25) is 4.79 Å². The van der Waals surface area contributed by atoms with Crippen LogP contribution < -0.4 is 4.74 Å². The van der Waals surface area contributed by atoms with Crippen molar-refractivity contribution < 1.29 is 27.1 Å². The van der Waals surface area contributed by atoms with E-state index in [4.69, 9.17) is 21.1 Å². The van der Waals surface area contributed by atoms with Crippen LogP contribution in [0.25, 0.3) is 0 Å². The third-order valence-corrected chi connectivity index (χ3v) is 6.42. The molecule has 9 heteroatoms. The predicted molar refractivity (Wildman–Crippen MR) is 126 cm³/mol. The van der Waals surface area contributed by atoms with E-state index in [9.17, 15) is 17.6 Å². The minimum absolute atomic E-state index is 0.0744. The first kappa shape index (κ1) is 26.8. The molecule has 0 spiro atoms. The van der Waals surface area contributed by atoms with Gasteiger partial charge in [0.2, 0.25) is 10.0 Å². The maximum Gasteiger partial charge on any atom is 0.325 e. The molecule has 0 N–H and O–H groups in total. The van der Waals surface area contributed by atoms with Gasteiger partial charge >= 0.3 is 5.97 Å². The molecule has 180 valence electrons. The summed E-state index contributed by atoms with van der Waals surface area (Å²) < 4.78 is 53.1. The van der Waals surface area contributed by atoms with Gasteiger partial charge in [0.05, 0.1) is 16.6 Å². The number of rotatable bonds is 11. The summed E-state index contributed by atoms with van der Waals surface area (Å²) in [6.07, 6.45) is -0.530. The zero-order chi connectivity index (χ0) is 24.6. The minimum Gasteiger partial charge on any atom is -0.492 e. The monoisotopic (exact) mass is 497 g/mol. The highest BCUT2D eigenvalue weighted by Gasteiger charge is 2.39. The van der Waals surface area contributed by atoms with Gasteiger partial charge in [-0.05, 0) is 50.6 Å². The number of benzene rings is 2. The Bertz CT molecular complexity index is 1040. The number of alkyl halides is 1. The summed E-state index contributed by atoms with van der Waals surface area (Å²) in [7, 11) is -4.24. The Morgan fingerprint density at radius 2 is 1.73 bits per heavy atom. The molecule has 0 aromatic heterocycles. The molecule has 6 nitrogen and oxygen atoms in total. The van der Waals surface area contributed by atoms with E-state index in [0.717, 1.165) is 4.31 Å². The van der Waals surface area contributed by atoms with E-state index in [0.29, 0.717) is 11.3 Å². The number of hydrogen-bond acceptors (Lipinski definition) is 5. The highest BCUT2D eigenvalue weighted by atomic mass is 35.5. The van der Waals surface area contributed by atoms with Crippen LogP contribution in [0.5, 0.6) is 5.75 Å². The number of halogens is 2. The number of nitrogens with zero attached hydrogens (tertiary/aromatic N) is 1. The topological polar surface area (TPSA) is 72.9 Å². The van der Waals surface area contributed by atoms with Crippen molar-refractivity contribution in [1.82, 2.24) is 4.31 Å². The molecule has 0 unspecified atom stereocenters. The molecule has 0 saturated heterocycles. The van der Waals surface area contributed by atoms with Gasteiger partial charge in [-0.15, -0.1) is 11.6 Å². The Labute approximate surface area is 200 Å². The quantitative estimate of drug-likeness (QED) is 0.320. The normalized spacial score (nSPS) is 12.9. The lowest BCUT2D eigenvalue weighted by Crippen LogP contribution is -2.47. The van der Waals surface area contributed by atoms with E-state index in [2.05, 4.69) is 6.58 Å². The molecule has 33 heavy (non-hydrogen) atoms. The van der Waals surface area contributed by atoms with Crippen molar-refractivity contribution >= 4 is 27.6 Å². The molecule has 0 aliphatic rings. The lowest BCUT2D eigenvalue weighted by atomic mass is 10.1. The molecule has 0 radical (unpaired) electrons. The van der Waals surface area contributed by atoms with Crippen LogP contribution in [0.3, 0.4) is 0 Å². The van der Waals surface area contributed by atoms with Crippen molar-refractivity contribution in [2.75, 3.05) is 12.5 Å². The SMILES string of the molecule is C=C(F)C[C@@H](C(=O)OC(C)(C)C)N(Cc1ccccc1)S(=O)(=O)c1ccc(OCCCl)cc1. The predicted octanol–water partition coefficient (Wildman–Crippen LogP) is 5.08. The number of carbonyl (C=O) groups excluding carboxylic acids is 1. The molecule has 2 rings (SSSR count). The van der Waals surface area contributed by atoms with Gasteiger partial charge in [-0.2, -0.15) is 4.31 Å². The van der Waals surface area contributed by atoms with E-state index in [1.54, 1.807) is 51.1 Å². The summed E-state index contributed by atoms with van der Waals surface area (Å²) in [4.78, 5) is 12.9. The number of sulfonamides is 1. The molecule has 0 aliphatic heterocycles. The first-order chi connectivity index (χ1) is 15.4. The fraction of sp³-hybridized carbons (Fsp3) is 0.375. The van der Waals surface area contributed by atoms with Crippen LogP contribution in [0.2, 0.25) is 0 Å². The molecule has 0 amide bonds. The van der Waals surface area contributed by atoms with Crippen molar-refractivity contribution in [3.63, 3.8) is 0 Å². The van der Waals surface area contributed by atoms with Gasteiger partial charge < -0.3 is 9.47 Å². The molecule has 1 atom stereocenters. The van der Waals surface area contributed by atoms with E-state index in [-0.39, 0.29) is 23.9 Å². The second-order valence-corrected chi connectivity index (χ2v) is 10.6. The van der Waals surface area contributed by atoms with Crippen molar-refractivity contribution in [3.8, 4) is 5.75 Å². The Hall–Kier alpha value is -2.42. The van der Waals surface area contributed by atoms with E-state index < -0.39 is 39.9 Å². The van der Waals surface area contributed by atoms with Gasteiger partial charge in [0.25, 0.3) is 0 Å². The standard InChI is InChI=1S/C24H29ClFNO5S/c1-18(26)16-22(23(28)32-24(2,3)4)27(17-19-8-6-5-7-9-19)33(29,30)21-12-10-20(11-13-21)31-15-14-25/h5-13,22H,1,14-17H2,2-4H3/t22-/m0/s1. The van der Waals surface area contributed by atoms with Gasteiger partial charge in [0, 0.05) is 13.0 Å². The van der Waals surface area contributed by atoms with E-state index >= 15 is 0 Å². The molecule has 0 heterocycles. The molecule has 0 bridgehead atoms. The summed E-state index contributed by atoms with van der Waals surface area (Å²) in [5.74, 6) is -0.952. The van der Waals surface area contributed by atoms with E-state index in [1.807, 2.05) is 0 Å². The van der Waals surface area contributed by atoms with Gasteiger partial charge in [-0.25, -0.2) is 12.8 Å². The Morgan fingerprint density at radius 3 is 2.24 bits per heavy atom. The minimum atomic E-state index is -4.24. The van der Waals surface area contributed by atoms with Crippen LogP contribution >= 0.6 is 11.6 Å². The molecular formula is C24H29ClFNO5S. The van der Waals surface area contributed by atoms with Crippen molar-refractivity contribution in [1.29, 1.82) is 0 Å². The van der Waals surface area contributed by atoms with Crippen LogP contribution in [0.4, 0.5) is 4.39 Å². The largest absolute Gasteiger partial charge is 0.492 e. The second kappa shape index (κ2) is 11.6. The van der Waals surface area contributed by atoms with Crippen LogP contribution in [-0.4, -0.2) is 42.8 Å². The van der Waals surface area contributed by atoms with Crippen LogP contribution in [0.1, 0.15) is 32.8 Å². The highest BCUT2D eigenvalue weighted by molar-refractivity contribution is 7.89. The summed E-state index contributed by atoms with van der Waals surface area (Å²) >= 11 is 5.62. The van der Waals surface area contributed by atoms with Gasteiger partial charge in [0.1, 0.15) is 24.0 Å². The summed E-state index contributed by atoms with van der Waals surface area (Å²) in [6.45, 7) is 8.31. The average molecular weight is 498 g/mol. The molecule has 0 saturated carbocycles. The maximum atomic E-state index is 14.0.